The summed E-state index contributed by atoms with van der Waals surface area (Å²) in [5, 5.41) is 2.57. The zero-order valence-electron chi connectivity index (χ0n) is 8.93. The number of piperazine rings is 1. The van der Waals surface area contributed by atoms with Gasteiger partial charge in [-0.05, 0) is 6.92 Å². The summed E-state index contributed by atoms with van der Waals surface area (Å²) in [4.78, 5) is 15.1. The van der Waals surface area contributed by atoms with Crippen LogP contribution in [0.4, 0.5) is 0 Å². The quantitative estimate of drug-likeness (QED) is 0.847. The van der Waals surface area contributed by atoms with Crippen molar-refractivity contribution in [3.05, 3.63) is 10.2 Å². The van der Waals surface area contributed by atoms with E-state index in [0.717, 1.165) is 15.6 Å². The van der Waals surface area contributed by atoms with E-state index in [2.05, 4.69) is 10.3 Å². The highest BCUT2D eigenvalue weighted by molar-refractivity contribution is 7.91. The molecule has 1 N–H and O–H groups in total. The van der Waals surface area contributed by atoms with Gasteiger partial charge < -0.3 is 5.32 Å². The molecule has 1 fully saturated rings. The molecule has 1 aromatic heterocycles. The summed E-state index contributed by atoms with van der Waals surface area (Å²) in [5.74, 6) is -0.298. The number of amides is 1. The van der Waals surface area contributed by atoms with E-state index in [1.807, 2.05) is 0 Å². The average molecular weight is 296 g/mol. The van der Waals surface area contributed by atoms with Crippen LogP contribution in [0.2, 0.25) is 4.47 Å². The smallest absolute Gasteiger partial charge is 0.255 e. The first-order valence-electron chi connectivity index (χ1n) is 4.81. The highest BCUT2D eigenvalue weighted by atomic mass is 35.5. The maximum atomic E-state index is 12.2. The van der Waals surface area contributed by atoms with E-state index in [-0.39, 0.29) is 27.7 Å². The molecule has 0 spiro atoms. The first-order chi connectivity index (χ1) is 7.91. The summed E-state index contributed by atoms with van der Waals surface area (Å²) in [7, 11) is -3.66. The van der Waals surface area contributed by atoms with Gasteiger partial charge in [0.05, 0.1) is 12.2 Å². The Morgan fingerprint density at radius 2 is 2.24 bits per heavy atom. The summed E-state index contributed by atoms with van der Waals surface area (Å²) >= 11 is 6.59. The van der Waals surface area contributed by atoms with E-state index in [1.54, 1.807) is 6.92 Å². The van der Waals surface area contributed by atoms with Crippen LogP contribution in [0.25, 0.3) is 0 Å². The number of halogens is 1. The summed E-state index contributed by atoms with van der Waals surface area (Å²) in [5.41, 5.74) is 0.367. The molecule has 0 bridgehead atoms. The number of carbonyl (C=O) groups is 1. The topological polar surface area (TPSA) is 79.4 Å². The number of aryl methyl sites for hydroxylation is 1. The van der Waals surface area contributed by atoms with E-state index in [9.17, 15) is 13.2 Å². The van der Waals surface area contributed by atoms with Crippen LogP contribution in [0.5, 0.6) is 0 Å². The van der Waals surface area contributed by atoms with Crippen LogP contribution >= 0.6 is 22.9 Å². The van der Waals surface area contributed by atoms with Crippen molar-refractivity contribution in [2.24, 2.45) is 0 Å². The number of nitrogens with zero attached hydrogens (tertiary/aromatic N) is 2. The lowest BCUT2D eigenvalue weighted by Gasteiger charge is -2.25. The van der Waals surface area contributed by atoms with Gasteiger partial charge in [0.2, 0.25) is 5.91 Å². The van der Waals surface area contributed by atoms with Gasteiger partial charge in [-0.1, -0.05) is 22.9 Å². The van der Waals surface area contributed by atoms with Crippen LogP contribution in [0.15, 0.2) is 4.21 Å². The fourth-order valence-corrected chi connectivity index (χ4v) is 4.80. The second-order valence-electron chi connectivity index (χ2n) is 3.53. The number of thiazole rings is 1. The van der Waals surface area contributed by atoms with Gasteiger partial charge in [0.15, 0.2) is 8.68 Å². The number of hydrogen-bond donors (Lipinski definition) is 1. The van der Waals surface area contributed by atoms with Gasteiger partial charge in [-0.3, -0.25) is 4.79 Å². The van der Waals surface area contributed by atoms with Crippen LogP contribution in [0.3, 0.4) is 0 Å². The molecule has 2 heterocycles. The Hall–Kier alpha value is -0.700. The zero-order chi connectivity index (χ0) is 12.6. The van der Waals surface area contributed by atoms with Gasteiger partial charge >= 0.3 is 0 Å². The third kappa shape index (κ3) is 2.44. The van der Waals surface area contributed by atoms with E-state index in [0.29, 0.717) is 12.2 Å². The lowest BCUT2D eigenvalue weighted by atomic mass is 10.4. The number of rotatable bonds is 2. The van der Waals surface area contributed by atoms with Crippen molar-refractivity contribution in [3.8, 4) is 0 Å². The van der Waals surface area contributed by atoms with Gasteiger partial charge in [-0.2, -0.15) is 4.31 Å². The molecule has 1 amide bonds. The van der Waals surface area contributed by atoms with Gasteiger partial charge in [0.25, 0.3) is 10.0 Å². The molecule has 0 unspecified atom stereocenters. The lowest BCUT2D eigenvalue weighted by molar-refractivity contribution is -0.122. The van der Waals surface area contributed by atoms with Gasteiger partial charge in [0.1, 0.15) is 0 Å². The summed E-state index contributed by atoms with van der Waals surface area (Å²) in [6.45, 7) is 2.02. The SMILES string of the molecule is Cc1nc(Cl)sc1S(=O)(=O)N1CCNC(=O)C1. The molecule has 1 aliphatic rings. The monoisotopic (exact) mass is 295 g/mol. The fraction of sp³-hybridized carbons (Fsp3) is 0.500. The summed E-state index contributed by atoms with van der Waals surface area (Å²) < 4.78 is 25.9. The molecule has 0 aliphatic carbocycles. The normalized spacial score (nSPS) is 18.1. The predicted octanol–water partition coefficient (Wildman–Crippen LogP) is 0.225. The molecule has 0 atom stereocenters. The molecule has 0 radical (unpaired) electrons. The predicted molar refractivity (Wildman–Crippen MR) is 63.6 cm³/mol. The minimum atomic E-state index is -3.66. The lowest BCUT2D eigenvalue weighted by Crippen LogP contribution is -2.49. The van der Waals surface area contributed by atoms with Crippen LogP contribution in [0, 0.1) is 6.92 Å². The van der Waals surface area contributed by atoms with Crippen LogP contribution < -0.4 is 5.32 Å². The summed E-state index contributed by atoms with van der Waals surface area (Å²) in [6.07, 6.45) is 0. The van der Waals surface area contributed by atoms with E-state index < -0.39 is 10.0 Å². The Morgan fingerprint density at radius 1 is 1.53 bits per heavy atom. The number of nitrogens with one attached hydrogen (secondary N) is 1. The van der Waals surface area contributed by atoms with E-state index >= 15 is 0 Å². The molecule has 94 valence electrons. The minimum absolute atomic E-state index is 0.109. The van der Waals surface area contributed by atoms with Crippen LogP contribution in [0.1, 0.15) is 5.69 Å². The Labute approximate surface area is 108 Å². The number of sulfonamides is 1. The molecule has 0 aromatic carbocycles. The second kappa shape index (κ2) is 4.52. The van der Waals surface area contributed by atoms with E-state index in [1.165, 1.54) is 0 Å². The highest BCUT2D eigenvalue weighted by Gasteiger charge is 2.32. The largest absolute Gasteiger partial charge is 0.354 e. The van der Waals surface area contributed by atoms with Crippen molar-refractivity contribution in [1.82, 2.24) is 14.6 Å². The Kier molecular flexibility index (Phi) is 3.39. The molecular weight excluding hydrogens is 286 g/mol. The molecule has 0 saturated carbocycles. The fourth-order valence-electron chi connectivity index (χ4n) is 1.53. The van der Waals surface area contributed by atoms with E-state index in [4.69, 9.17) is 11.6 Å². The molecule has 1 saturated heterocycles. The molecule has 6 nitrogen and oxygen atoms in total. The first-order valence-corrected chi connectivity index (χ1v) is 7.44. The van der Waals surface area contributed by atoms with Gasteiger partial charge in [0, 0.05) is 13.1 Å². The molecule has 1 aromatic rings. The molecule has 9 heteroatoms. The minimum Gasteiger partial charge on any atom is -0.354 e. The number of hydrogen-bond acceptors (Lipinski definition) is 5. The van der Waals surface area contributed by atoms with Crippen molar-refractivity contribution in [3.63, 3.8) is 0 Å². The van der Waals surface area contributed by atoms with Crippen LogP contribution in [-0.4, -0.2) is 43.2 Å². The highest BCUT2D eigenvalue weighted by Crippen LogP contribution is 2.29. The van der Waals surface area contributed by atoms with Crippen molar-refractivity contribution in [2.45, 2.75) is 11.1 Å². The van der Waals surface area contributed by atoms with Crippen molar-refractivity contribution in [1.29, 1.82) is 0 Å². The first kappa shape index (κ1) is 12.7. The van der Waals surface area contributed by atoms with Crippen molar-refractivity contribution >= 4 is 38.9 Å². The number of aromatic nitrogens is 1. The number of carbonyl (C=O) groups excluding carboxylic acids is 1. The second-order valence-corrected chi connectivity index (χ2v) is 7.24. The van der Waals surface area contributed by atoms with Gasteiger partial charge in [-0.15, -0.1) is 0 Å². The Bertz CT molecular complexity index is 554. The molecule has 2 rings (SSSR count). The average Bonchev–Trinajstić information content (AvgIpc) is 2.58. The maximum Gasteiger partial charge on any atom is 0.255 e. The van der Waals surface area contributed by atoms with Crippen molar-refractivity contribution < 1.29 is 13.2 Å². The standard InChI is InChI=1S/C8H10ClN3O3S2/c1-5-7(16-8(9)11-5)17(14,15)12-3-2-10-6(13)4-12/h2-4H2,1H3,(H,10,13). The third-order valence-corrected chi connectivity index (χ3v) is 6.00. The van der Waals surface area contributed by atoms with Crippen LogP contribution in [-0.2, 0) is 14.8 Å². The zero-order valence-corrected chi connectivity index (χ0v) is 11.3. The molecular formula is C8H10ClN3O3S2. The molecule has 17 heavy (non-hydrogen) atoms. The Morgan fingerprint density at radius 3 is 2.76 bits per heavy atom. The molecule has 1 aliphatic heterocycles. The maximum absolute atomic E-state index is 12.2. The van der Waals surface area contributed by atoms with Crippen molar-refractivity contribution in [2.75, 3.05) is 19.6 Å². The van der Waals surface area contributed by atoms with Gasteiger partial charge in [-0.25, -0.2) is 13.4 Å². The third-order valence-electron chi connectivity index (χ3n) is 2.31. The Balaban J connectivity index is 2.36. The summed E-state index contributed by atoms with van der Waals surface area (Å²) in [6, 6.07) is 0.